The van der Waals surface area contributed by atoms with E-state index in [1.165, 1.54) is 24.8 Å². The molecule has 5 rings (SSSR count). The Morgan fingerprint density at radius 1 is 1.09 bits per heavy atom. The lowest BCUT2D eigenvalue weighted by Crippen LogP contribution is -2.49. The number of rotatable bonds is 6. The summed E-state index contributed by atoms with van der Waals surface area (Å²) in [7, 11) is 0. The highest BCUT2D eigenvalue weighted by Gasteiger charge is 2.30. The number of fused-ring (bicyclic) bond motifs is 1. The number of nitrogens with zero attached hydrogens (tertiary/aromatic N) is 2. The SMILES string of the molecule is O=C(Nc1ccc2nc[nH]c2c1)N[C@@H]1CCCC[C@H]1CN1CCC[C@@H](Cc2ccc(F)cc2)C1. The Labute approximate surface area is 200 Å². The molecule has 3 N–H and O–H groups in total. The summed E-state index contributed by atoms with van der Waals surface area (Å²) in [6.45, 7) is 3.24. The first-order chi connectivity index (χ1) is 16.6. The van der Waals surface area contributed by atoms with Crippen molar-refractivity contribution in [1.29, 1.82) is 0 Å². The molecular formula is C27H34FN5O. The van der Waals surface area contributed by atoms with Crippen LogP contribution in [-0.2, 0) is 6.42 Å². The lowest BCUT2D eigenvalue weighted by molar-refractivity contribution is 0.123. The van der Waals surface area contributed by atoms with Gasteiger partial charge in [0.15, 0.2) is 0 Å². The fourth-order valence-electron chi connectivity index (χ4n) is 5.73. The smallest absolute Gasteiger partial charge is 0.319 e. The van der Waals surface area contributed by atoms with Gasteiger partial charge in [0.1, 0.15) is 5.82 Å². The van der Waals surface area contributed by atoms with E-state index in [2.05, 4.69) is 25.5 Å². The van der Waals surface area contributed by atoms with Gasteiger partial charge < -0.3 is 20.5 Å². The molecule has 3 aromatic rings. The van der Waals surface area contributed by atoms with E-state index in [9.17, 15) is 9.18 Å². The quantitative estimate of drug-likeness (QED) is 0.462. The molecule has 0 spiro atoms. The van der Waals surface area contributed by atoms with Gasteiger partial charge in [-0.15, -0.1) is 0 Å². The second-order valence-electron chi connectivity index (χ2n) is 9.98. The van der Waals surface area contributed by atoms with Crippen molar-refractivity contribution in [3.05, 3.63) is 60.2 Å². The van der Waals surface area contributed by atoms with E-state index < -0.39 is 0 Å². The third-order valence-electron chi connectivity index (χ3n) is 7.44. The normalized spacial score (nSPS) is 23.6. The lowest BCUT2D eigenvalue weighted by atomic mass is 9.83. The number of urea groups is 1. The number of likely N-dealkylation sites (tertiary alicyclic amines) is 1. The van der Waals surface area contributed by atoms with Gasteiger partial charge in [0.2, 0.25) is 0 Å². The minimum atomic E-state index is -0.171. The summed E-state index contributed by atoms with van der Waals surface area (Å²) >= 11 is 0. The van der Waals surface area contributed by atoms with Crippen LogP contribution in [-0.4, -0.2) is 46.6 Å². The molecule has 0 radical (unpaired) electrons. The number of imidazole rings is 1. The predicted octanol–water partition coefficient (Wildman–Crippen LogP) is 5.34. The standard InChI is InChI=1S/C27H34FN5O/c28-22-9-7-19(8-10-22)14-20-4-3-13-33(16-20)17-21-5-1-2-6-24(21)32-27(34)31-23-11-12-25-26(15-23)30-18-29-25/h7-12,15,18,20-21,24H,1-6,13-14,16-17H2,(H,29,30)(H2,31,32,34)/t20-,21-,24+/m0/s1. The number of piperidine rings is 1. The molecule has 0 bridgehead atoms. The number of carbonyl (C=O) groups excluding carboxylic acids is 1. The number of aromatic nitrogens is 2. The van der Waals surface area contributed by atoms with Gasteiger partial charge in [-0.05, 0) is 86.4 Å². The molecule has 0 unspecified atom stereocenters. The topological polar surface area (TPSA) is 73.0 Å². The number of hydrogen-bond acceptors (Lipinski definition) is 3. The molecule has 6 nitrogen and oxygen atoms in total. The van der Waals surface area contributed by atoms with Crippen LogP contribution in [0.2, 0.25) is 0 Å². The number of H-pyrrole nitrogens is 1. The fourth-order valence-corrected chi connectivity index (χ4v) is 5.73. The molecule has 2 fully saturated rings. The van der Waals surface area contributed by atoms with Crippen LogP contribution in [0.25, 0.3) is 11.0 Å². The Balaban J connectivity index is 1.15. The van der Waals surface area contributed by atoms with E-state index in [0.717, 1.165) is 62.0 Å². The molecule has 1 aliphatic heterocycles. The van der Waals surface area contributed by atoms with E-state index in [0.29, 0.717) is 11.8 Å². The van der Waals surface area contributed by atoms with Crippen LogP contribution in [0.5, 0.6) is 0 Å². The van der Waals surface area contributed by atoms with E-state index in [4.69, 9.17) is 0 Å². The highest BCUT2D eigenvalue weighted by molar-refractivity contribution is 5.92. The first-order valence-electron chi connectivity index (χ1n) is 12.6. The van der Waals surface area contributed by atoms with Crippen molar-refractivity contribution in [3.63, 3.8) is 0 Å². The minimum Gasteiger partial charge on any atom is -0.345 e. The summed E-state index contributed by atoms with van der Waals surface area (Å²) < 4.78 is 13.2. The Morgan fingerprint density at radius 2 is 1.94 bits per heavy atom. The number of carbonyl (C=O) groups is 1. The molecular weight excluding hydrogens is 429 g/mol. The van der Waals surface area contributed by atoms with Crippen LogP contribution in [0.3, 0.4) is 0 Å². The van der Waals surface area contributed by atoms with Crippen molar-refractivity contribution in [2.75, 3.05) is 25.0 Å². The van der Waals surface area contributed by atoms with Crippen LogP contribution in [0.15, 0.2) is 48.8 Å². The molecule has 3 atom stereocenters. The average Bonchev–Trinajstić information content (AvgIpc) is 3.30. The molecule has 2 amide bonds. The van der Waals surface area contributed by atoms with Crippen molar-refractivity contribution in [2.24, 2.45) is 11.8 Å². The van der Waals surface area contributed by atoms with Crippen LogP contribution in [0.4, 0.5) is 14.9 Å². The molecule has 1 saturated heterocycles. The maximum atomic E-state index is 13.2. The van der Waals surface area contributed by atoms with Crippen LogP contribution < -0.4 is 10.6 Å². The second kappa shape index (κ2) is 10.6. The number of anilines is 1. The van der Waals surface area contributed by atoms with Gasteiger partial charge in [-0.3, -0.25) is 0 Å². The number of benzene rings is 2. The van der Waals surface area contributed by atoms with Crippen LogP contribution in [0.1, 0.15) is 44.1 Å². The summed E-state index contributed by atoms with van der Waals surface area (Å²) in [5.41, 5.74) is 3.78. The number of hydrogen-bond donors (Lipinski definition) is 3. The number of nitrogens with one attached hydrogen (secondary N) is 3. The van der Waals surface area contributed by atoms with E-state index >= 15 is 0 Å². The van der Waals surface area contributed by atoms with E-state index in [1.54, 1.807) is 18.5 Å². The zero-order chi connectivity index (χ0) is 23.3. The number of halogens is 1. The Hall–Kier alpha value is -2.93. The molecule has 2 aliphatic rings. The Kier molecular flexibility index (Phi) is 7.09. The van der Waals surface area contributed by atoms with Gasteiger partial charge >= 0.3 is 6.03 Å². The highest BCUT2D eigenvalue weighted by Crippen LogP contribution is 2.28. The molecule has 2 aromatic carbocycles. The zero-order valence-electron chi connectivity index (χ0n) is 19.6. The average molecular weight is 464 g/mol. The summed E-state index contributed by atoms with van der Waals surface area (Å²) in [6, 6.07) is 12.7. The van der Waals surface area contributed by atoms with Crippen molar-refractivity contribution >= 4 is 22.8 Å². The summed E-state index contributed by atoms with van der Waals surface area (Å²) in [5.74, 6) is 0.907. The van der Waals surface area contributed by atoms with Crippen LogP contribution in [0, 0.1) is 17.7 Å². The van der Waals surface area contributed by atoms with E-state index in [-0.39, 0.29) is 17.9 Å². The van der Waals surface area contributed by atoms with Gasteiger partial charge in [0.05, 0.1) is 17.4 Å². The van der Waals surface area contributed by atoms with Crippen LogP contribution >= 0.6 is 0 Å². The maximum Gasteiger partial charge on any atom is 0.319 e. The van der Waals surface area contributed by atoms with Gasteiger partial charge in [-0.25, -0.2) is 14.2 Å². The van der Waals surface area contributed by atoms with Crippen molar-refractivity contribution in [2.45, 2.75) is 51.0 Å². The minimum absolute atomic E-state index is 0.136. The molecule has 7 heteroatoms. The first-order valence-corrected chi connectivity index (χ1v) is 12.6. The molecule has 34 heavy (non-hydrogen) atoms. The molecule has 180 valence electrons. The predicted molar refractivity (Wildman–Crippen MR) is 133 cm³/mol. The van der Waals surface area contributed by atoms with Crippen molar-refractivity contribution in [3.8, 4) is 0 Å². The first kappa shape index (κ1) is 22.8. The number of amides is 2. The molecule has 1 saturated carbocycles. The largest absolute Gasteiger partial charge is 0.345 e. The zero-order valence-corrected chi connectivity index (χ0v) is 19.6. The Bertz CT molecular complexity index is 1100. The maximum absolute atomic E-state index is 13.2. The second-order valence-corrected chi connectivity index (χ2v) is 9.98. The third-order valence-corrected chi connectivity index (χ3v) is 7.44. The van der Waals surface area contributed by atoms with Gasteiger partial charge in [-0.2, -0.15) is 0 Å². The Morgan fingerprint density at radius 3 is 2.82 bits per heavy atom. The van der Waals surface area contributed by atoms with Crippen molar-refractivity contribution < 1.29 is 9.18 Å². The molecule has 2 heterocycles. The summed E-state index contributed by atoms with van der Waals surface area (Å²) in [5, 5.41) is 6.26. The monoisotopic (exact) mass is 463 g/mol. The van der Waals surface area contributed by atoms with Gasteiger partial charge in [-0.1, -0.05) is 25.0 Å². The van der Waals surface area contributed by atoms with Gasteiger partial charge in [0.25, 0.3) is 0 Å². The van der Waals surface area contributed by atoms with E-state index in [1.807, 2.05) is 30.3 Å². The van der Waals surface area contributed by atoms with Gasteiger partial charge in [0, 0.05) is 24.8 Å². The number of aromatic amines is 1. The third kappa shape index (κ3) is 5.76. The fraction of sp³-hybridized carbons (Fsp3) is 0.481. The summed E-state index contributed by atoms with van der Waals surface area (Å²) in [6.07, 6.45) is 9.67. The lowest BCUT2D eigenvalue weighted by Gasteiger charge is -2.39. The highest BCUT2D eigenvalue weighted by atomic mass is 19.1. The summed E-state index contributed by atoms with van der Waals surface area (Å²) in [4.78, 5) is 22.7. The molecule has 1 aliphatic carbocycles. The van der Waals surface area contributed by atoms with Crippen molar-refractivity contribution in [1.82, 2.24) is 20.2 Å². The molecule has 1 aromatic heterocycles.